The summed E-state index contributed by atoms with van der Waals surface area (Å²) in [7, 11) is 1.37. The van der Waals surface area contributed by atoms with Gasteiger partial charge in [0, 0.05) is 0 Å². The topological polar surface area (TPSA) is 46.5 Å². The molecule has 0 aliphatic heterocycles. The lowest BCUT2D eigenvalue weighted by atomic mass is 9.81. The molecular weight excluding hydrogens is 216 g/mol. The Bertz CT molecular complexity index is 234. The second-order valence-electron chi connectivity index (χ2n) is 5.37. The predicted molar refractivity (Wildman–Crippen MR) is 67.7 cm³/mol. The largest absolute Gasteiger partial charge is 0.469 e. The van der Waals surface area contributed by atoms with Crippen LogP contribution in [0.4, 0.5) is 0 Å². The third-order valence-corrected chi connectivity index (χ3v) is 4.10. The maximum absolute atomic E-state index is 11.3. The van der Waals surface area contributed by atoms with Gasteiger partial charge in [-0.05, 0) is 25.2 Å². The number of esters is 1. The summed E-state index contributed by atoms with van der Waals surface area (Å²) < 4.78 is 4.64. The molecule has 1 N–H and O–H groups in total. The second-order valence-corrected chi connectivity index (χ2v) is 5.37. The van der Waals surface area contributed by atoms with Crippen LogP contribution >= 0.6 is 0 Å². The van der Waals surface area contributed by atoms with Crippen LogP contribution < -0.4 is 0 Å². The van der Waals surface area contributed by atoms with Crippen molar-refractivity contribution in [2.24, 2.45) is 5.92 Å². The van der Waals surface area contributed by atoms with Gasteiger partial charge in [0.05, 0.1) is 19.1 Å². The lowest BCUT2D eigenvalue weighted by Gasteiger charge is -2.29. The predicted octanol–water partition coefficient (Wildman–Crippen LogP) is 3.05. The zero-order valence-corrected chi connectivity index (χ0v) is 11.2. The Hall–Kier alpha value is -0.570. The fourth-order valence-electron chi connectivity index (χ4n) is 2.68. The van der Waals surface area contributed by atoms with Crippen LogP contribution in [0.25, 0.3) is 0 Å². The highest BCUT2D eigenvalue weighted by Crippen LogP contribution is 2.31. The van der Waals surface area contributed by atoms with Crippen LogP contribution in [0.1, 0.15) is 64.7 Å². The first-order valence-corrected chi connectivity index (χ1v) is 6.89. The lowest BCUT2D eigenvalue weighted by Crippen LogP contribution is -2.32. The molecule has 100 valence electrons. The smallest absolute Gasteiger partial charge is 0.308 e. The number of carbonyl (C=O) groups excluding carboxylic acids is 1. The molecule has 0 heterocycles. The van der Waals surface area contributed by atoms with Crippen LogP contribution in [0, 0.1) is 5.92 Å². The summed E-state index contributed by atoms with van der Waals surface area (Å²) in [6, 6.07) is 0. The SMILES string of the molecule is CCC(O)(CCC1CCCCC1)CC(=O)OC. The van der Waals surface area contributed by atoms with E-state index in [9.17, 15) is 9.90 Å². The van der Waals surface area contributed by atoms with Gasteiger partial charge in [0.1, 0.15) is 0 Å². The number of hydrogen-bond donors (Lipinski definition) is 1. The number of hydrogen-bond acceptors (Lipinski definition) is 3. The molecule has 3 nitrogen and oxygen atoms in total. The minimum Gasteiger partial charge on any atom is -0.469 e. The molecule has 0 aromatic rings. The molecular formula is C14H26O3. The van der Waals surface area contributed by atoms with Crippen LogP contribution in [-0.2, 0) is 9.53 Å². The van der Waals surface area contributed by atoms with Crippen LogP contribution in [0.3, 0.4) is 0 Å². The summed E-state index contributed by atoms with van der Waals surface area (Å²) in [5.74, 6) is 0.442. The van der Waals surface area contributed by atoms with Crippen LogP contribution in [-0.4, -0.2) is 23.8 Å². The van der Waals surface area contributed by atoms with Crippen molar-refractivity contribution in [2.75, 3.05) is 7.11 Å². The molecule has 1 fully saturated rings. The van der Waals surface area contributed by atoms with Gasteiger partial charge in [0.15, 0.2) is 0 Å². The summed E-state index contributed by atoms with van der Waals surface area (Å²) in [6.45, 7) is 1.93. The Morgan fingerprint density at radius 2 is 2.00 bits per heavy atom. The van der Waals surface area contributed by atoms with E-state index in [1.54, 1.807) is 0 Å². The average Bonchev–Trinajstić information content (AvgIpc) is 2.37. The van der Waals surface area contributed by atoms with Gasteiger partial charge in [-0.15, -0.1) is 0 Å². The molecule has 1 aliphatic rings. The molecule has 3 heteroatoms. The van der Waals surface area contributed by atoms with E-state index in [-0.39, 0.29) is 12.4 Å². The molecule has 0 bridgehead atoms. The number of aliphatic hydroxyl groups is 1. The summed E-state index contributed by atoms with van der Waals surface area (Å²) >= 11 is 0. The molecule has 1 saturated carbocycles. The summed E-state index contributed by atoms with van der Waals surface area (Å²) in [6.07, 6.45) is 9.11. The molecule has 0 aromatic carbocycles. The quantitative estimate of drug-likeness (QED) is 0.728. The normalized spacial score (nSPS) is 20.9. The first-order chi connectivity index (χ1) is 8.09. The maximum atomic E-state index is 11.3. The highest BCUT2D eigenvalue weighted by atomic mass is 16.5. The summed E-state index contributed by atoms with van der Waals surface area (Å²) in [5, 5.41) is 10.4. The molecule has 0 aromatic heterocycles. The Kier molecular flexibility index (Phi) is 5.96. The first kappa shape index (κ1) is 14.5. The third-order valence-electron chi connectivity index (χ3n) is 4.10. The fourth-order valence-corrected chi connectivity index (χ4v) is 2.68. The standard InChI is InChI=1S/C14H26O3/c1-3-14(16,11-13(15)17-2)10-9-12-7-5-4-6-8-12/h12,16H,3-11H2,1-2H3. The lowest BCUT2D eigenvalue weighted by molar-refractivity contribution is -0.146. The number of methoxy groups -OCH3 is 1. The van der Waals surface area contributed by atoms with E-state index in [0.717, 1.165) is 18.8 Å². The van der Waals surface area contributed by atoms with E-state index < -0.39 is 5.60 Å². The van der Waals surface area contributed by atoms with E-state index in [4.69, 9.17) is 0 Å². The van der Waals surface area contributed by atoms with E-state index in [0.29, 0.717) is 6.42 Å². The third kappa shape index (κ3) is 5.07. The molecule has 0 saturated heterocycles. The minimum absolute atomic E-state index is 0.132. The molecule has 1 atom stereocenters. The van der Waals surface area contributed by atoms with Crippen LogP contribution in [0.5, 0.6) is 0 Å². The highest BCUT2D eigenvalue weighted by Gasteiger charge is 2.29. The Morgan fingerprint density at radius 3 is 2.53 bits per heavy atom. The Labute approximate surface area is 105 Å². The molecule has 1 aliphatic carbocycles. The monoisotopic (exact) mass is 242 g/mol. The maximum Gasteiger partial charge on any atom is 0.308 e. The summed E-state index contributed by atoms with van der Waals surface area (Å²) in [4.78, 5) is 11.3. The van der Waals surface area contributed by atoms with E-state index >= 15 is 0 Å². The second kappa shape index (κ2) is 7.00. The summed E-state index contributed by atoms with van der Waals surface area (Å²) in [5.41, 5.74) is -0.857. The van der Waals surface area contributed by atoms with Crippen molar-refractivity contribution < 1.29 is 14.6 Å². The van der Waals surface area contributed by atoms with Gasteiger partial charge in [-0.25, -0.2) is 0 Å². The van der Waals surface area contributed by atoms with Gasteiger partial charge in [-0.3, -0.25) is 4.79 Å². The Morgan fingerprint density at radius 1 is 1.35 bits per heavy atom. The van der Waals surface area contributed by atoms with Crippen molar-refractivity contribution in [1.29, 1.82) is 0 Å². The zero-order valence-electron chi connectivity index (χ0n) is 11.2. The average molecular weight is 242 g/mol. The highest BCUT2D eigenvalue weighted by molar-refractivity contribution is 5.70. The molecule has 1 unspecified atom stereocenters. The van der Waals surface area contributed by atoms with Crippen molar-refractivity contribution in [2.45, 2.75) is 70.3 Å². The van der Waals surface area contributed by atoms with Crippen LogP contribution in [0.2, 0.25) is 0 Å². The van der Waals surface area contributed by atoms with E-state index in [1.165, 1.54) is 39.2 Å². The first-order valence-electron chi connectivity index (χ1n) is 6.89. The van der Waals surface area contributed by atoms with Crippen LogP contribution in [0.15, 0.2) is 0 Å². The van der Waals surface area contributed by atoms with E-state index in [1.807, 2.05) is 6.92 Å². The number of rotatable bonds is 6. The molecule has 0 amide bonds. The molecule has 0 radical (unpaired) electrons. The van der Waals surface area contributed by atoms with Gasteiger partial charge in [0.2, 0.25) is 0 Å². The fraction of sp³-hybridized carbons (Fsp3) is 0.929. The zero-order chi connectivity index (χ0) is 12.7. The van der Waals surface area contributed by atoms with Gasteiger partial charge in [0.25, 0.3) is 0 Å². The molecule has 17 heavy (non-hydrogen) atoms. The Balaban J connectivity index is 2.36. The van der Waals surface area contributed by atoms with E-state index in [2.05, 4.69) is 4.74 Å². The van der Waals surface area contributed by atoms with Gasteiger partial charge < -0.3 is 9.84 Å². The van der Waals surface area contributed by atoms with Gasteiger partial charge in [-0.2, -0.15) is 0 Å². The van der Waals surface area contributed by atoms with Crippen molar-refractivity contribution >= 4 is 5.97 Å². The van der Waals surface area contributed by atoms with Gasteiger partial charge >= 0.3 is 5.97 Å². The molecule has 1 rings (SSSR count). The van der Waals surface area contributed by atoms with Crippen molar-refractivity contribution in [3.05, 3.63) is 0 Å². The minimum atomic E-state index is -0.857. The number of carbonyl (C=O) groups is 1. The van der Waals surface area contributed by atoms with Crippen molar-refractivity contribution in [3.8, 4) is 0 Å². The molecule has 0 spiro atoms. The number of ether oxygens (including phenoxy) is 1. The van der Waals surface area contributed by atoms with Crippen molar-refractivity contribution in [3.63, 3.8) is 0 Å². The van der Waals surface area contributed by atoms with Crippen molar-refractivity contribution in [1.82, 2.24) is 0 Å². The van der Waals surface area contributed by atoms with Gasteiger partial charge in [-0.1, -0.05) is 39.0 Å².